The van der Waals surface area contributed by atoms with Crippen LogP contribution in [0.15, 0.2) is 48.5 Å². The topological polar surface area (TPSA) is 32.8 Å². The molecule has 5 heteroatoms. The lowest BCUT2D eigenvalue weighted by atomic mass is 9.95. The number of anilines is 1. The zero-order chi connectivity index (χ0) is 17.2. The second-order valence-corrected chi connectivity index (χ2v) is 7.05. The van der Waals surface area contributed by atoms with Crippen molar-refractivity contribution in [2.75, 3.05) is 37.7 Å². The summed E-state index contributed by atoms with van der Waals surface area (Å²) >= 11 is 6.08. The number of rotatable bonds is 2. The molecule has 0 bridgehead atoms. The van der Waals surface area contributed by atoms with Crippen molar-refractivity contribution in [1.29, 1.82) is 0 Å². The first kappa shape index (κ1) is 16.3. The van der Waals surface area contributed by atoms with Gasteiger partial charge in [0.05, 0.1) is 5.92 Å². The number of amides is 1. The van der Waals surface area contributed by atoms with Crippen LogP contribution < -0.4 is 9.64 Å². The van der Waals surface area contributed by atoms with E-state index in [9.17, 15) is 4.79 Å². The monoisotopic (exact) mass is 356 g/mol. The average molecular weight is 357 g/mol. The van der Waals surface area contributed by atoms with Gasteiger partial charge in [-0.2, -0.15) is 0 Å². The number of hydrogen-bond donors (Lipinski definition) is 0. The van der Waals surface area contributed by atoms with Gasteiger partial charge in [0.15, 0.2) is 0 Å². The zero-order valence-electron chi connectivity index (χ0n) is 14.0. The SMILES string of the molecule is O=C(C1COc2ccccc2C1)N1CCN(c2cccc(Cl)c2)CC1. The van der Waals surface area contributed by atoms with E-state index in [1.807, 2.05) is 47.4 Å². The molecule has 0 N–H and O–H groups in total. The van der Waals surface area contributed by atoms with Gasteiger partial charge in [-0.05, 0) is 36.2 Å². The molecule has 4 nitrogen and oxygen atoms in total. The lowest BCUT2D eigenvalue weighted by Crippen LogP contribution is -2.51. The quantitative estimate of drug-likeness (QED) is 0.828. The van der Waals surface area contributed by atoms with E-state index in [1.165, 1.54) is 0 Å². The Balaban J connectivity index is 1.37. The van der Waals surface area contributed by atoms with Crippen LogP contribution in [0.1, 0.15) is 5.56 Å². The van der Waals surface area contributed by atoms with Crippen molar-refractivity contribution in [2.45, 2.75) is 6.42 Å². The van der Waals surface area contributed by atoms with E-state index < -0.39 is 0 Å². The summed E-state index contributed by atoms with van der Waals surface area (Å²) in [7, 11) is 0. The molecule has 0 aromatic heterocycles. The van der Waals surface area contributed by atoms with Gasteiger partial charge in [0.2, 0.25) is 5.91 Å². The Morgan fingerprint density at radius 2 is 1.84 bits per heavy atom. The van der Waals surface area contributed by atoms with Crippen LogP contribution in [0, 0.1) is 5.92 Å². The van der Waals surface area contributed by atoms with Gasteiger partial charge < -0.3 is 14.5 Å². The van der Waals surface area contributed by atoms with Gasteiger partial charge in [0.25, 0.3) is 0 Å². The molecule has 0 aliphatic carbocycles. The standard InChI is InChI=1S/C20H21ClN2O2/c21-17-5-3-6-18(13-17)22-8-10-23(11-9-22)20(24)16-12-15-4-1-2-7-19(15)25-14-16/h1-7,13,16H,8-12,14H2. The minimum atomic E-state index is -0.0763. The van der Waals surface area contributed by atoms with Crippen LogP contribution in [0.5, 0.6) is 5.75 Å². The van der Waals surface area contributed by atoms with Gasteiger partial charge in [0.1, 0.15) is 12.4 Å². The summed E-state index contributed by atoms with van der Waals surface area (Å²) < 4.78 is 5.78. The molecule has 2 aliphatic rings. The van der Waals surface area contributed by atoms with E-state index >= 15 is 0 Å². The zero-order valence-corrected chi connectivity index (χ0v) is 14.8. The molecule has 1 atom stereocenters. The largest absolute Gasteiger partial charge is 0.492 e. The highest BCUT2D eigenvalue weighted by molar-refractivity contribution is 6.30. The Bertz CT molecular complexity index is 772. The van der Waals surface area contributed by atoms with Crippen molar-refractivity contribution < 1.29 is 9.53 Å². The van der Waals surface area contributed by atoms with Crippen molar-refractivity contribution in [1.82, 2.24) is 4.90 Å². The molecule has 25 heavy (non-hydrogen) atoms. The van der Waals surface area contributed by atoms with Crippen molar-refractivity contribution in [3.63, 3.8) is 0 Å². The Morgan fingerprint density at radius 1 is 1.04 bits per heavy atom. The van der Waals surface area contributed by atoms with Crippen LogP contribution in [0.3, 0.4) is 0 Å². The van der Waals surface area contributed by atoms with Crippen molar-refractivity contribution in [2.24, 2.45) is 5.92 Å². The summed E-state index contributed by atoms with van der Waals surface area (Å²) in [4.78, 5) is 17.1. The van der Waals surface area contributed by atoms with Gasteiger partial charge in [-0.25, -0.2) is 0 Å². The molecule has 2 heterocycles. The Morgan fingerprint density at radius 3 is 2.64 bits per heavy atom. The summed E-state index contributed by atoms with van der Waals surface area (Å²) in [6.07, 6.45) is 0.767. The first-order chi connectivity index (χ1) is 12.2. The smallest absolute Gasteiger partial charge is 0.229 e. The second-order valence-electron chi connectivity index (χ2n) is 6.61. The fraction of sp³-hybridized carbons (Fsp3) is 0.350. The molecule has 1 fully saturated rings. The number of benzene rings is 2. The first-order valence-electron chi connectivity index (χ1n) is 8.71. The molecule has 2 aliphatic heterocycles. The number of hydrogen-bond acceptors (Lipinski definition) is 3. The van der Waals surface area contributed by atoms with Gasteiger partial charge in [0, 0.05) is 36.9 Å². The highest BCUT2D eigenvalue weighted by Gasteiger charge is 2.31. The molecule has 130 valence electrons. The number of carbonyl (C=O) groups is 1. The minimum Gasteiger partial charge on any atom is -0.492 e. The maximum atomic E-state index is 12.9. The number of ether oxygens (including phenoxy) is 1. The fourth-order valence-corrected chi connectivity index (χ4v) is 3.79. The number of halogens is 1. The fourth-order valence-electron chi connectivity index (χ4n) is 3.60. The van der Waals surface area contributed by atoms with Crippen LogP contribution in [-0.4, -0.2) is 43.6 Å². The molecule has 1 saturated heterocycles. The van der Waals surface area contributed by atoms with E-state index in [4.69, 9.17) is 16.3 Å². The molecule has 0 saturated carbocycles. The third-order valence-electron chi connectivity index (χ3n) is 4.99. The summed E-state index contributed by atoms with van der Waals surface area (Å²) in [5.74, 6) is 1.05. The Kier molecular flexibility index (Phi) is 4.53. The van der Waals surface area contributed by atoms with Crippen molar-refractivity contribution in [3.05, 3.63) is 59.1 Å². The molecule has 2 aromatic rings. The van der Waals surface area contributed by atoms with E-state index in [-0.39, 0.29) is 11.8 Å². The highest BCUT2D eigenvalue weighted by Crippen LogP contribution is 2.28. The molecule has 4 rings (SSSR count). The molecule has 0 radical (unpaired) electrons. The molecule has 1 unspecified atom stereocenters. The van der Waals surface area contributed by atoms with E-state index in [1.54, 1.807) is 0 Å². The minimum absolute atomic E-state index is 0.0763. The maximum absolute atomic E-state index is 12.9. The summed E-state index contributed by atoms with van der Waals surface area (Å²) in [6.45, 7) is 3.61. The number of fused-ring (bicyclic) bond motifs is 1. The molecular formula is C20H21ClN2O2. The first-order valence-corrected chi connectivity index (χ1v) is 9.08. The predicted molar refractivity (Wildman–Crippen MR) is 99.4 cm³/mol. The molecule has 2 aromatic carbocycles. The van der Waals surface area contributed by atoms with Crippen LogP contribution in [0.4, 0.5) is 5.69 Å². The van der Waals surface area contributed by atoms with Gasteiger partial charge >= 0.3 is 0 Å². The van der Waals surface area contributed by atoms with Crippen LogP contribution in [-0.2, 0) is 11.2 Å². The van der Waals surface area contributed by atoms with Crippen molar-refractivity contribution in [3.8, 4) is 5.75 Å². The summed E-state index contributed by atoms with van der Waals surface area (Å²) in [5, 5.41) is 0.744. The number of nitrogens with zero attached hydrogens (tertiary/aromatic N) is 2. The Hall–Kier alpha value is -2.20. The van der Waals surface area contributed by atoms with Crippen molar-refractivity contribution >= 4 is 23.2 Å². The number of piperazine rings is 1. The normalized spacial score (nSPS) is 20.0. The highest BCUT2D eigenvalue weighted by atomic mass is 35.5. The van der Waals surface area contributed by atoms with E-state index in [2.05, 4.69) is 11.0 Å². The summed E-state index contributed by atoms with van der Waals surface area (Å²) in [5.41, 5.74) is 2.25. The third-order valence-corrected chi connectivity index (χ3v) is 5.23. The van der Waals surface area contributed by atoms with Crippen LogP contribution in [0.2, 0.25) is 5.02 Å². The predicted octanol–water partition coefficient (Wildman–Crippen LogP) is 3.24. The number of carbonyl (C=O) groups excluding carboxylic acids is 1. The number of para-hydroxylation sites is 1. The van der Waals surface area contributed by atoms with E-state index in [0.717, 1.165) is 54.6 Å². The van der Waals surface area contributed by atoms with E-state index in [0.29, 0.717) is 6.61 Å². The van der Waals surface area contributed by atoms with Gasteiger partial charge in [-0.3, -0.25) is 4.79 Å². The second kappa shape index (κ2) is 6.96. The van der Waals surface area contributed by atoms with Gasteiger partial charge in [-0.1, -0.05) is 35.9 Å². The molecular weight excluding hydrogens is 336 g/mol. The third kappa shape index (κ3) is 3.45. The molecule has 0 spiro atoms. The van der Waals surface area contributed by atoms with Crippen LogP contribution >= 0.6 is 11.6 Å². The summed E-state index contributed by atoms with van der Waals surface area (Å²) in [6, 6.07) is 15.9. The Labute approximate surface area is 152 Å². The van der Waals surface area contributed by atoms with Crippen LogP contribution in [0.25, 0.3) is 0 Å². The lowest BCUT2D eigenvalue weighted by molar-refractivity contribution is -0.137. The van der Waals surface area contributed by atoms with Gasteiger partial charge in [-0.15, -0.1) is 0 Å². The average Bonchev–Trinajstić information content (AvgIpc) is 2.67. The molecule has 1 amide bonds. The lowest BCUT2D eigenvalue weighted by Gasteiger charge is -2.38. The maximum Gasteiger partial charge on any atom is 0.229 e.